The van der Waals surface area contributed by atoms with Gasteiger partial charge in [0.2, 0.25) is 10.0 Å². The van der Waals surface area contributed by atoms with Crippen LogP contribution in [0.3, 0.4) is 0 Å². The van der Waals surface area contributed by atoms with Crippen LogP contribution in [0.2, 0.25) is 0 Å². The normalized spacial score (nSPS) is 22.0. The summed E-state index contributed by atoms with van der Waals surface area (Å²) < 4.78 is 26.6. The zero-order valence-corrected chi connectivity index (χ0v) is 13.4. The van der Waals surface area contributed by atoms with Crippen molar-refractivity contribution in [2.45, 2.75) is 23.2 Å². The molecule has 1 saturated heterocycles. The lowest BCUT2D eigenvalue weighted by Crippen LogP contribution is -2.44. The Kier molecular flexibility index (Phi) is 4.75. The van der Waals surface area contributed by atoms with E-state index < -0.39 is 10.0 Å². The first-order valence-corrected chi connectivity index (χ1v) is 9.52. The summed E-state index contributed by atoms with van der Waals surface area (Å²) in [6.07, 6.45) is 0. The number of nitrogens with zero attached hydrogens (tertiary/aromatic N) is 1. The fourth-order valence-corrected chi connectivity index (χ4v) is 5.18. The number of hydrogen-bond donors (Lipinski definition) is 0. The average Bonchev–Trinajstić information content (AvgIpc) is 2.39. The van der Waals surface area contributed by atoms with Crippen molar-refractivity contribution >= 4 is 37.7 Å². The summed E-state index contributed by atoms with van der Waals surface area (Å²) >= 11 is 5.17. The second-order valence-electron chi connectivity index (χ2n) is 4.32. The molecule has 1 fully saturated rings. The largest absolute Gasteiger partial charge is 0.243 e. The van der Waals surface area contributed by atoms with E-state index in [1.807, 2.05) is 30.8 Å². The van der Waals surface area contributed by atoms with Crippen LogP contribution in [0.1, 0.15) is 12.5 Å². The highest BCUT2D eigenvalue weighted by molar-refractivity contribution is 9.08. The minimum absolute atomic E-state index is 0.0737. The van der Waals surface area contributed by atoms with Crippen LogP contribution in [0.5, 0.6) is 0 Å². The van der Waals surface area contributed by atoms with Gasteiger partial charge in [-0.25, -0.2) is 8.42 Å². The molecule has 1 aromatic carbocycles. The van der Waals surface area contributed by atoms with Crippen molar-refractivity contribution in [2.24, 2.45) is 0 Å². The topological polar surface area (TPSA) is 37.4 Å². The van der Waals surface area contributed by atoms with Gasteiger partial charge in [-0.15, -0.1) is 0 Å². The third-order valence-electron chi connectivity index (χ3n) is 2.99. The lowest BCUT2D eigenvalue weighted by atomic mass is 10.2. The zero-order chi connectivity index (χ0) is 13.2. The van der Waals surface area contributed by atoms with E-state index in [0.717, 1.165) is 22.4 Å². The van der Waals surface area contributed by atoms with Gasteiger partial charge < -0.3 is 0 Å². The Morgan fingerprint density at radius 1 is 1.39 bits per heavy atom. The number of thioether (sulfide) groups is 1. The third-order valence-corrected chi connectivity index (χ3v) is 6.86. The quantitative estimate of drug-likeness (QED) is 0.787. The standard InChI is InChI=1S/C12H16BrNO2S2/c1-10-9-17-7-6-14(10)18(15,16)12-4-2-11(8-13)3-5-12/h2-5,10H,6-9H2,1H3. The number of hydrogen-bond acceptors (Lipinski definition) is 3. The minimum Gasteiger partial charge on any atom is -0.207 e. The molecule has 0 amide bonds. The number of alkyl halides is 1. The number of halogens is 1. The van der Waals surface area contributed by atoms with Crippen LogP contribution in [0.25, 0.3) is 0 Å². The predicted molar refractivity (Wildman–Crippen MR) is 79.8 cm³/mol. The lowest BCUT2D eigenvalue weighted by molar-refractivity contribution is 0.367. The summed E-state index contributed by atoms with van der Waals surface area (Å²) in [7, 11) is -3.33. The van der Waals surface area contributed by atoms with E-state index in [2.05, 4.69) is 15.9 Å². The van der Waals surface area contributed by atoms with Gasteiger partial charge in [0.25, 0.3) is 0 Å². The van der Waals surface area contributed by atoms with Crippen LogP contribution in [0, 0.1) is 0 Å². The van der Waals surface area contributed by atoms with Crippen LogP contribution < -0.4 is 0 Å². The van der Waals surface area contributed by atoms with E-state index in [9.17, 15) is 8.42 Å². The van der Waals surface area contributed by atoms with Gasteiger partial charge in [-0.3, -0.25) is 0 Å². The molecule has 1 aliphatic heterocycles. The first-order chi connectivity index (χ1) is 8.55. The van der Waals surface area contributed by atoms with E-state index >= 15 is 0 Å². The summed E-state index contributed by atoms with van der Waals surface area (Å²) in [5.74, 6) is 1.75. The number of benzene rings is 1. The van der Waals surface area contributed by atoms with Crippen molar-refractivity contribution in [1.29, 1.82) is 0 Å². The maximum Gasteiger partial charge on any atom is 0.243 e. The molecular formula is C12H16BrNO2S2. The first kappa shape index (κ1) is 14.4. The van der Waals surface area contributed by atoms with Gasteiger partial charge in [-0.1, -0.05) is 28.1 Å². The summed E-state index contributed by atoms with van der Waals surface area (Å²) in [5, 5.41) is 0.740. The zero-order valence-electron chi connectivity index (χ0n) is 10.2. The SMILES string of the molecule is CC1CSCCN1S(=O)(=O)c1ccc(CBr)cc1. The second kappa shape index (κ2) is 5.94. The Morgan fingerprint density at radius 2 is 2.06 bits per heavy atom. The minimum atomic E-state index is -3.33. The predicted octanol–water partition coefficient (Wildman–Crippen LogP) is 2.71. The van der Waals surface area contributed by atoms with Crippen molar-refractivity contribution < 1.29 is 8.42 Å². The molecule has 3 nitrogen and oxygen atoms in total. The smallest absolute Gasteiger partial charge is 0.207 e. The summed E-state index contributed by atoms with van der Waals surface area (Å²) in [5.41, 5.74) is 1.08. The molecule has 100 valence electrons. The van der Waals surface area contributed by atoms with Gasteiger partial charge in [0, 0.05) is 29.4 Å². The summed E-state index contributed by atoms with van der Waals surface area (Å²) in [6.45, 7) is 2.57. The van der Waals surface area contributed by atoms with Gasteiger partial charge in [-0.05, 0) is 24.6 Å². The van der Waals surface area contributed by atoms with Gasteiger partial charge in [0.1, 0.15) is 0 Å². The molecule has 0 saturated carbocycles. The Hall–Kier alpha value is -0.0400. The molecule has 1 unspecified atom stereocenters. The molecule has 0 spiro atoms. The van der Waals surface area contributed by atoms with Crippen molar-refractivity contribution in [1.82, 2.24) is 4.31 Å². The van der Waals surface area contributed by atoms with Crippen LogP contribution in [-0.4, -0.2) is 36.8 Å². The maximum atomic E-state index is 12.5. The number of rotatable bonds is 3. The first-order valence-electron chi connectivity index (χ1n) is 5.80. The Bertz CT molecular complexity index is 501. The molecular weight excluding hydrogens is 334 g/mol. The molecule has 0 aromatic heterocycles. The van der Waals surface area contributed by atoms with Gasteiger partial charge >= 0.3 is 0 Å². The van der Waals surface area contributed by atoms with Crippen molar-refractivity contribution in [3.63, 3.8) is 0 Å². The van der Waals surface area contributed by atoms with Gasteiger partial charge in [0.15, 0.2) is 0 Å². The second-order valence-corrected chi connectivity index (χ2v) is 7.92. The van der Waals surface area contributed by atoms with E-state index in [0.29, 0.717) is 11.4 Å². The molecule has 0 N–H and O–H groups in total. The molecule has 6 heteroatoms. The highest BCUT2D eigenvalue weighted by atomic mass is 79.9. The monoisotopic (exact) mass is 349 g/mol. The van der Waals surface area contributed by atoms with E-state index in [4.69, 9.17) is 0 Å². The molecule has 1 aromatic rings. The van der Waals surface area contributed by atoms with Crippen molar-refractivity contribution in [2.75, 3.05) is 18.1 Å². The molecule has 18 heavy (non-hydrogen) atoms. The maximum absolute atomic E-state index is 12.5. The van der Waals surface area contributed by atoms with E-state index in [-0.39, 0.29) is 6.04 Å². The fourth-order valence-electron chi connectivity index (χ4n) is 1.95. The van der Waals surface area contributed by atoms with Crippen LogP contribution in [0.4, 0.5) is 0 Å². The fraction of sp³-hybridized carbons (Fsp3) is 0.500. The van der Waals surface area contributed by atoms with Gasteiger partial charge in [0.05, 0.1) is 4.90 Å². The Labute approximate surface area is 121 Å². The third kappa shape index (κ3) is 2.92. The molecule has 0 aliphatic carbocycles. The van der Waals surface area contributed by atoms with Crippen LogP contribution in [0.15, 0.2) is 29.2 Å². The Balaban J connectivity index is 2.28. The lowest BCUT2D eigenvalue weighted by Gasteiger charge is -2.31. The highest BCUT2D eigenvalue weighted by Gasteiger charge is 2.30. The highest BCUT2D eigenvalue weighted by Crippen LogP contribution is 2.24. The molecule has 0 bridgehead atoms. The van der Waals surface area contributed by atoms with Gasteiger partial charge in [-0.2, -0.15) is 16.1 Å². The average molecular weight is 350 g/mol. The number of sulfonamides is 1. The Morgan fingerprint density at radius 3 is 2.61 bits per heavy atom. The van der Waals surface area contributed by atoms with Crippen molar-refractivity contribution in [3.8, 4) is 0 Å². The molecule has 1 aliphatic rings. The van der Waals surface area contributed by atoms with E-state index in [1.165, 1.54) is 0 Å². The molecule has 1 heterocycles. The van der Waals surface area contributed by atoms with Crippen molar-refractivity contribution in [3.05, 3.63) is 29.8 Å². The van der Waals surface area contributed by atoms with E-state index in [1.54, 1.807) is 16.4 Å². The summed E-state index contributed by atoms with van der Waals surface area (Å²) in [6, 6.07) is 7.17. The summed E-state index contributed by atoms with van der Waals surface area (Å²) in [4.78, 5) is 0.394. The molecule has 0 radical (unpaired) electrons. The molecule has 2 rings (SSSR count). The van der Waals surface area contributed by atoms with Crippen LogP contribution >= 0.6 is 27.7 Å². The van der Waals surface area contributed by atoms with Crippen LogP contribution in [-0.2, 0) is 15.4 Å². The molecule has 1 atom stereocenters.